The molecule has 0 spiro atoms. The SMILES string of the molecule is COC(C1CCCCC1)C(O)c1cc(C)cnc1N. The summed E-state index contributed by atoms with van der Waals surface area (Å²) < 4.78 is 5.57. The number of nitrogens with zero attached hydrogens (tertiary/aromatic N) is 1. The van der Waals surface area contributed by atoms with Gasteiger partial charge >= 0.3 is 0 Å². The lowest BCUT2D eigenvalue weighted by Crippen LogP contribution is -2.32. The molecule has 0 aromatic carbocycles. The number of nitrogen functional groups attached to an aromatic ring is 1. The molecular weight excluding hydrogens is 240 g/mol. The van der Waals surface area contributed by atoms with E-state index in [-0.39, 0.29) is 6.10 Å². The highest BCUT2D eigenvalue weighted by atomic mass is 16.5. The van der Waals surface area contributed by atoms with Crippen molar-refractivity contribution < 1.29 is 9.84 Å². The van der Waals surface area contributed by atoms with E-state index in [1.54, 1.807) is 13.3 Å². The maximum Gasteiger partial charge on any atom is 0.129 e. The van der Waals surface area contributed by atoms with Crippen molar-refractivity contribution in [3.63, 3.8) is 0 Å². The molecule has 0 amide bonds. The number of hydrogen-bond acceptors (Lipinski definition) is 4. The summed E-state index contributed by atoms with van der Waals surface area (Å²) in [5.41, 5.74) is 7.58. The molecule has 4 heteroatoms. The number of anilines is 1. The molecule has 106 valence electrons. The average Bonchev–Trinajstić information content (AvgIpc) is 2.43. The normalized spacial score (nSPS) is 20.2. The largest absolute Gasteiger partial charge is 0.386 e. The van der Waals surface area contributed by atoms with Crippen molar-refractivity contribution in [1.29, 1.82) is 0 Å². The molecule has 4 nitrogen and oxygen atoms in total. The van der Waals surface area contributed by atoms with Crippen LogP contribution < -0.4 is 5.73 Å². The molecule has 1 aliphatic rings. The standard InChI is InChI=1S/C15H24N2O2/c1-10-8-12(15(16)17-9-10)13(18)14(19-2)11-6-4-3-5-7-11/h8-9,11,13-14,18H,3-7H2,1-2H3,(H2,16,17). The fraction of sp³-hybridized carbons (Fsp3) is 0.667. The number of hydrogen-bond donors (Lipinski definition) is 2. The number of aryl methyl sites for hydroxylation is 1. The smallest absolute Gasteiger partial charge is 0.129 e. The van der Waals surface area contributed by atoms with Gasteiger partial charge in [0.1, 0.15) is 11.9 Å². The van der Waals surface area contributed by atoms with Crippen molar-refractivity contribution in [2.45, 2.75) is 51.2 Å². The van der Waals surface area contributed by atoms with E-state index < -0.39 is 6.10 Å². The van der Waals surface area contributed by atoms with Crippen molar-refractivity contribution in [3.8, 4) is 0 Å². The Morgan fingerprint density at radius 2 is 2.05 bits per heavy atom. The first-order valence-electron chi connectivity index (χ1n) is 7.06. The second-order valence-electron chi connectivity index (χ2n) is 5.53. The third kappa shape index (κ3) is 3.25. The van der Waals surface area contributed by atoms with Crippen LogP contribution in [0.2, 0.25) is 0 Å². The number of aromatic nitrogens is 1. The Labute approximate surface area is 115 Å². The Bertz CT molecular complexity index is 417. The lowest BCUT2D eigenvalue weighted by Gasteiger charge is -2.32. The molecular formula is C15H24N2O2. The number of rotatable bonds is 4. The van der Waals surface area contributed by atoms with Crippen LogP contribution in [0, 0.1) is 12.8 Å². The second-order valence-corrected chi connectivity index (χ2v) is 5.53. The molecule has 1 saturated carbocycles. The van der Waals surface area contributed by atoms with Crippen LogP contribution in [-0.2, 0) is 4.74 Å². The Morgan fingerprint density at radius 1 is 1.37 bits per heavy atom. The third-order valence-corrected chi connectivity index (χ3v) is 4.10. The van der Waals surface area contributed by atoms with Gasteiger partial charge in [-0.05, 0) is 37.3 Å². The van der Waals surface area contributed by atoms with Crippen LogP contribution in [0.5, 0.6) is 0 Å². The molecule has 2 atom stereocenters. The molecule has 2 unspecified atom stereocenters. The summed E-state index contributed by atoms with van der Waals surface area (Å²) in [6, 6.07) is 1.90. The van der Waals surface area contributed by atoms with E-state index in [0.29, 0.717) is 17.3 Å². The molecule has 0 radical (unpaired) electrons. The molecule has 1 heterocycles. The van der Waals surface area contributed by atoms with Gasteiger partial charge in [-0.15, -0.1) is 0 Å². The first-order chi connectivity index (χ1) is 9.13. The lowest BCUT2D eigenvalue weighted by atomic mass is 9.82. The molecule has 0 aliphatic heterocycles. The Kier molecular flexibility index (Phi) is 4.77. The van der Waals surface area contributed by atoms with Gasteiger partial charge in [0.25, 0.3) is 0 Å². The molecule has 1 aromatic rings. The lowest BCUT2D eigenvalue weighted by molar-refractivity contribution is -0.0557. The van der Waals surface area contributed by atoms with Crippen molar-refractivity contribution in [2.75, 3.05) is 12.8 Å². The molecule has 1 aromatic heterocycles. The molecule has 0 saturated heterocycles. The van der Waals surface area contributed by atoms with Gasteiger partial charge in [-0.25, -0.2) is 4.98 Å². The van der Waals surface area contributed by atoms with Crippen LogP contribution in [-0.4, -0.2) is 23.3 Å². The first-order valence-corrected chi connectivity index (χ1v) is 7.06. The van der Waals surface area contributed by atoms with Crippen molar-refractivity contribution in [2.24, 2.45) is 5.92 Å². The maximum absolute atomic E-state index is 10.6. The predicted molar refractivity (Wildman–Crippen MR) is 75.7 cm³/mol. The summed E-state index contributed by atoms with van der Waals surface area (Å²) >= 11 is 0. The quantitative estimate of drug-likeness (QED) is 0.877. The predicted octanol–water partition coefficient (Wildman–Crippen LogP) is 2.60. The number of aliphatic hydroxyl groups excluding tert-OH is 1. The fourth-order valence-corrected chi connectivity index (χ4v) is 3.06. The highest BCUT2D eigenvalue weighted by molar-refractivity contribution is 5.42. The van der Waals surface area contributed by atoms with E-state index in [9.17, 15) is 5.11 Å². The second kappa shape index (κ2) is 6.35. The summed E-state index contributed by atoms with van der Waals surface area (Å²) in [5.74, 6) is 0.810. The van der Waals surface area contributed by atoms with E-state index in [2.05, 4.69) is 4.98 Å². The van der Waals surface area contributed by atoms with Gasteiger partial charge < -0.3 is 15.6 Å². The van der Waals surface area contributed by atoms with Gasteiger partial charge in [-0.2, -0.15) is 0 Å². The van der Waals surface area contributed by atoms with Crippen LogP contribution in [0.15, 0.2) is 12.3 Å². The first kappa shape index (κ1) is 14.3. The third-order valence-electron chi connectivity index (χ3n) is 4.10. The topological polar surface area (TPSA) is 68.4 Å². The molecule has 2 rings (SSSR count). The number of pyridine rings is 1. The highest BCUT2D eigenvalue weighted by Gasteiger charge is 2.31. The van der Waals surface area contributed by atoms with Gasteiger partial charge in [-0.1, -0.05) is 19.3 Å². The van der Waals surface area contributed by atoms with E-state index in [1.165, 1.54) is 19.3 Å². The van der Waals surface area contributed by atoms with Crippen molar-refractivity contribution in [1.82, 2.24) is 4.98 Å². The van der Waals surface area contributed by atoms with Crippen LogP contribution in [0.4, 0.5) is 5.82 Å². The molecule has 1 aliphatic carbocycles. The van der Waals surface area contributed by atoms with Crippen LogP contribution >= 0.6 is 0 Å². The van der Waals surface area contributed by atoms with E-state index in [1.807, 2.05) is 13.0 Å². The minimum absolute atomic E-state index is 0.189. The van der Waals surface area contributed by atoms with Crippen LogP contribution in [0.25, 0.3) is 0 Å². The molecule has 0 bridgehead atoms. The Hall–Kier alpha value is -1.13. The van der Waals surface area contributed by atoms with E-state index >= 15 is 0 Å². The van der Waals surface area contributed by atoms with Gasteiger partial charge in [-0.3, -0.25) is 0 Å². The minimum atomic E-state index is -0.694. The summed E-state index contributed by atoms with van der Waals surface area (Å²) in [6.07, 6.45) is 6.80. The van der Waals surface area contributed by atoms with Crippen molar-refractivity contribution >= 4 is 5.82 Å². The van der Waals surface area contributed by atoms with Gasteiger partial charge in [0.2, 0.25) is 0 Å². The molecule has 19 heavy (non-hydrogen) atoms. The summed E-state index contributed by atoms with van der Waals surface area (Å²) in [7, 11) is 1.67. The number of ether oxygens (including phenoxy) is 1. The Morgan fingerprint density at radius 3 is 2.68 bits per heavy atom. The zero-order valence-corrected chi connectivity index (χ0v) is 11.8. The highest BCUT2D eigenvalue weighted by Crippen LogP contribution is 2.35. The van der Waals surface area contributed by atoms with Crippen molar-refractivity contribution in [3.05, 3.63) is 23.4 Å². The zero-order chi connectivity index (χ0) is 13.8. The number of aliphatic hydroxyl groups is 1. The number of nitrogens with two attached hydrogens (primary N) is 1. The molecule has 1 fully saturated rings. The monoisotopic (exact) mass is 264 g/mol. The summed E-state index contributed by atoms with van der Waals surface area (Å²) in [6.45, 7) is 1.95. The van der Waals surface area contributed by atoms with Gasteiger partial charge in [0.15, 0.2) is 0 Å². The summed E-state index contributed by atoms with van der Waals surface area (Å²) in [5, 5.41) is 10.6. The fourth-order valence-electron chi connectivity index (χ4n) is 3.06. The molecule has 3 N–H and O–H groups in total. The minimum Gasteiger partial charge on any atom is -0.386 e. The maximum atomic E-state index is 10.6. The van der Waals surface area contributed by atoms with Crippen LogP contribution in [0.3, 0.4) is 0 Å². The van der Waals surface area contributed by atoms with E-state index in [4.69, 9.17) is 10.5 Å². The van der Waals surface area contributed by atoms with Gasteiger partial charge in [0.05, 0.1) is 6.10 Å². The summed E-state index contributed by atoms with van der Waals surface area (Å²) in [4.78, 5) is 4.12. The van der Waals surface area contributed by atoms with Gasteiger partial charge in [0, 0.05) is 18.9 Å². The average molecular weight is 264 g/mol. The zero-order valence-electron chi connectivity index (χ0n) is 11.8. The van der Waals surface area contributed by atoms with Crippen LogP contribution in [0.1, 0.15) is 49.3 Å². The Balaban J connectivity index is 2.19. The number of methoxy groups -OCH3 is 1. The van der Waals surface area contributed by atoms with E-state index in [0.717, 1.165) is 18.4 Å².